The van der Waals surface area contributed by atoms with Crippen molar-refractivity contribution in [2.45, 2.75) is 26.5 Å². The number of methoxy groups -OCH3 is 3. The van der Waals surface area contributed by atoms with Gasteiger partial charge < -0.3 is 24.1 Å². The third-order valence-electron chi connectivity index (χ3n) is 6.95. The van der Waals surface area contributed by atoms with Gasteiger partial charge in [-0.2, -0.15) is 0 Å². The Morgan fingerprint density at radius 2 is 1.60 bits per heavy atom. The minimum atomic E-state index is -1.05. The molecular weight excluding hydrogens is 558 g/mol. The first-order valence-corrected chi connectivity index (χ1v) is 13.8. The van der Waals surface area contributed by atoms with Crippen LogP contribution < -0.4 is 23.8 Å². The van der Waals surface area contributed by atoms with E-state index in [4.69, 9.17) is 18.9 Å². The van der Waals surface area contributed by atoms with Crippen molar-refractivity contribution in [2.24, 2.45) is 0 Å². The number of ether oxygens (including phenoxy) is 4. The van der Waals surface area contributed by atoms with Crippen LogP contribution in [0.2, 0.25) is 0 Å². The standard InChI is InChI=1S/C31H29N3O7S/c1-17-8-6-7-9-20(17)16-41-22-12-10-19(11-13-22)27(35)25-26(21-14-23(38-3)29(40-5)24(15-21)39-4)34(30(37)28(25)36)31-33-32-18(2)42-31/h6-15,26,35H,16H2,1-5H3/b27-25+. The van der Waals surface area contributed by atoms with Crippen molar-refractivity contribution in [3.05, 3.63) is 93.5 Å². The highest BCUT2D eigenvalue weighted by molar-refractivity contribution is 7.15. The number of aryl methyl sites for hydroxylation is 2. The van der Waals surface area contributed by atoms with Crippen LogP contribution in [0.4, 0.5) is 5.13 Å². The normalized spacial score (nSPS) is 16.0. The highest BCUT2D eigenvalue weighted by Gasteiger charge is 2.48. The summed E-state index contributed by atoms with van der Waals surface area (Å²) in [5.41, 5.74) is 2.84. The number of amides is 1. The van der Waals surface area contributed by atoms with E-state index in [2.05, 4.69) is 10.2 Å². The number of hydrogen-bond donors (Lipinski definition) is 1. The lowest BCUT2D eigenvalue weighted by Crippen LogP contribution is -2.29. The fourth-order valence-corrected chi connectivity index (χ4v) is 5.50. The Morgan fingerprint density at radius 1 is 0.929 bits per heavy atom. The number of carbonyl (C=O) groups excluding carboxylic acids is 2. The summed E-state index contributed by atoms with van der Waals surface area (Å²) in [5, 5.41) is 20.5. The van der Waals surface area contributed by atoms with E-state index in [0.717, 1.165) is 22.5 Å². The average molecular weight is 588 g/mol. The zero-order chi connectivity index (χ0) is 30.0. The lowest BCUT2D eigenvalue weighted by atomic mass is 9.94. The number of aliphatic hydroxyl groups excluding tert-OH is 1. The monoisotopic (exact) mass is 587 g/mol. The van der Waals surface area contributed by atoms with Crippen LogP contribution in [0.1, 0.15) is 33.3 Å². The van der Waals surface area contributed by atoms with Crippen molar-refractivity contribution < 1.29 is 33.6 Å². The maximum Gasteiger partial charge on any atom is 0.301 e. The van der Waals surface area contributed by atoms with Crippen molar-refractivity contribution in [1.82, 2.24) is 10.2 Å². The van der Waals surface area contributed by atoms with Gasteiger partial charge in [-0.15, -0.1) is 10.2 Å². The van der Waals surface area contributed by atoms with Crippen LogP contribution in [-0.4, -0.2) is 48.3 Å². The largest absolute Gasteiger partial charge is 0.507 e. The Kier molecular flexibility index (Phi) is 8.12. The topological polar surface area (TPSA) is 120 Å². The van der Waals surface area contributed by atoms with Gasteiger partial charge in [0.25, 0.3) is 5.78 Å². The van der Waals surface area contributed by atoms with E-state index >= 15 is 0 Å². The van der Waals surface area contributed by atoms with Gasteiger partial charge >= 0.3 is 5.91 Å². The number of nitrogens with zero attached hydrogens (tertiary/aromatic N) is 3. The molecule has 0 radical (unpaired) electrons. The third-order valence-corrected chi connectivity index (χ3v) is 7.79. The molecule has 1 amide bonds. The number of carbonyl (C=O) groups is 2. The SMILES string of the molecule is COc1cc(C2/C(=C(\O)c3ccc(OCc4ccccc4C)cc3)C(=O)C(=O)N2c2nnc(C)s2)cc(OC)c1OC. The molecule has 1 unspecified atom stereocenters. The number of Topliss-reactive ketones (excluding diaryl/α,β-unsaturated/α-hetero) is 1. The number of rotatable bonds is 9. The van der Waals surface area contributed by atoms with Crippen LogP contribution in [0.5, 0.6) is 23.0 Å². The maximum atomic E-state index is 13.5. The number of ketones is 1. The molecule has 0 aliphatic carbocycles. The second kappa shape index (κ2) is 11.9. The first kappa shape index (κ1) is 28.6. The van der Waals surface area contributed by atoms with Crippen molar-refractivity contribution in [3.8, 4) is 23.0 Å². The molecule has 1 aromatic heterocycles. The molecule has 1 N–H and O–H groups in total. The summed E-state index contributed by atoms with van der Waals surface area (Å²) in [7, 11) is 4.41. The molecule has 4 aromatic rings. The Morgan fingerprint density at radius 3 is 2.17 bits per heavy atom. The van der Waals surface area contributed by atoms with Gasteiger partial charge in [0, 0.05) is 5.56 Å². The predicted octanol–water partition coefficient (Wildman–Crippen LogP) is 5.39. The van der Waals surface area contributed by atoms with Crippen LogP contribution in [0, 0.1) is 13.8 Å². The van der Waals surface area contributed by atoms with Crippen LogP contribution in [0.3, 0.4) is 0 Å². The Labute approximate surface area is 246 Å². The molecule has 5 rings (SSSR count). The van der Waals surface area contributed by atoms with Crippen LogP contribution in [0.25, 0.3) is 5.76 Å². The van der Waals surface area contributed by atoms with Gasteiger partial charge in [-0.1, -0.05) is 35.6 Å². The Bertz CT molecular complexity index is 1660. The second-order valence-electron chi connectivity index (χ2n) is 9.47. The Hall–Kier alpha value is -4.90. The molecular formula is C31H29N3O7S. The number of hydrogen-bond acceptors (Lipinski definition) is 10. The fraction of sp³-hybridized carbons (Fsp3) is 0.226. The van der Waals surface area contributed by atoms with Crippen molar-refractivity contribution in [3.63, 3.8) is 0 Å². The molecule has 216 valence electrons. The lowest BCUT2D eigenvalue weighted by molar-refractivity contribution is -0.132. The van der Waals surface area contributed by atoms with E-state index in [-0.39, 0.29) is 16.5 Å². The molecule has 3 aromatic carbocycles. The van der Waals surface area contributed by atoms with E-state index < -0.39 is 17.7 Å². The van der Waals surface area contributed by atoms with Gasteiger partial charge in [0.2, 0.25) is 10.9 Å². The molecule has 2 heterocycles. The summed E-state index contributed by atoms with van der Waals surface area (Å²) < 4.78 is 22.4. The molecule has 1 atom stereocenters. The van der Waals surface area contributed by atoms with E-state index in [0.29, 0.717) is 45.7 Å². The summed E-state index contributed by atoms with van der Waals surface area (Å²) in [5.74, 6) is -0.485. The molecule has 1 saturated heterocycles. The molecule has 1 aliphatic heterocycles. The average Bonchev–Trinajstić information content (AvgIpc) is 3.55. The van der Waals surface area contributed by atoms with Crippen molar-refractivity contribution >= 4 is 33.9 Å². The molecule has 10 nitrogen and oxygen atoms in total. The number of anilines is 1. The summed E-state index contributed by atoms with van der Waals surface area (Å²) in [4.78, 5) is 28.2. The fourth-order valence-electron chi connectivity index (χ4n) is 4.79. The van der Waals surface area contributed by atoms with Gasteiger partial charge in [0.15, 0.2) is 11.5 Å². The summed E-state index contributed by atoms with van der Waals surface area (Å²) in [6.07, 6.45) is 0. The summed E-state index contributed by atoms with van der Waals surface area (Å²) in [6.45, 7) is 4.14. The molecule has 1 aliphatic rings. The van der Waals surface area contributed by atoms with Crippen molar-refractivity contribution in [2.75, 3.05) is 26.2 Å². The number of aliphatic hydroxyl groups is 1. The van der Waals surface area contributed by atoms with Crippen LogP contribution in [0.15, 0.2) is 66.2 Å². The van der Waals surface area contributed by atoms with Gasteiger partial charge in [0.05, 0.1) is 32.9 Å². The number of aromatic nitrogens is 2. The maximum absolute atomic E-state index is 13.5. The zero-order valence-corrected chi connectivity index (χ0v) is 24.5. The molecule has 11 heteroatoms. The van der Waals surface area contributed by atoms with E-state index in [9.17, 15) is 14.7 Å². The highest BCUT2D eigenvalue weighted by atomic mass is 32.1. The molecule has 0 saturated carbocycles. The third kappa shape index (κ3) is 5.26. The first-order valence-electron chi connectivity index (χ1n) is 13.0. The van der Waals surface area contributed by atoms with Gasteiger partial charge in [-0.25, -0.2) is 0 Å². The molecule has 1 fully saturated rings. The first-order chi connectivity index (χ1) is 20.3. The number of benzene rings is 3. The second-order valence-corrected chi connectivity index (χ2v) is 10.6. The van der Waals surface area contributed by atoms with E-state index in [1.807, 2.05) is 31.2 Å². The lowest BCUT2D eigenvalue weighted by Gasteiger charge is -2.24. The molecule has 0 bridgehead atoms. The van der Waals surface area contributed by atoms with E-state index in [1.165, 1.54) is 26.2 Å². The highest BCUT2D eigenvalue weighted by Crippen LogP contribution is 2.47. The summed E-state index contributed by atoms with van der Waals surface area (Å²) in [6, 6.07) is 16.8. The summed E-state index contributed by atoms with van der Waals surface area (Å²) >= 11 is 1.16. The van der Waals surface area contributed by atoms with Gasteiger partial charge in [0.1, 0.15) is 23.1 Å². The Balaban J connectivity index is 1.58. The quantitative estimate of drug-likeness (QED) is 0.156. The zero-order valence-electron chi connectivity index (χ0n) is 23.7. The molecule has 0 spiro atoms. The van der Waals surface area contributed by atoms with E-state index in [1.54, 1.807) is 43.3 Å². The predicted molar refractivity (Wildman–Crippen MR) is 157 cm³/mol. The molecule has 42 heavy (non-hydrogen) atoms. The van der Waals surface area contributed by atoms with Crippen LogP contribution in [-0.2, 0) is 16.2 Å². The van der Waals surface area contributed by atoms with Gasteiger partial charge in [-0.05, 0) is 66.9 Å². The smallest absolute Gasteiger partial charge is 0.301 e. The van der Waals surface area contributed by atoms with Gasteiger partial charge in [-0.3, -0.25) is 14.5 Å². The minimum absolute atomic E-state index is 0.115. The van der Waals surface area contributed by atoms with Crippen LogP contribution >= 0.6 is 11.3 Å². The minimum Gasteiger partial charge on any atom is -0.507 e. The van der Waals surface area contributed by atoms with Crippen molar-refractivity contribution in [1.29, 1.82) is 0 Å².